The Morgan fingerprint density at radius 3 is 2.36 bits per heavy atom. The highest BCUT2D eigenvalue weighted by atomic mass is 16.5. The van der Waals surface area contributed by atoms with Gasteiger partial charge in [-0.15, -0.1) is 0 Å². The van der Waals surface area contributed by atoms with Gasteiger partial charge in [0.15, 0.2) is 0 Å². The second-order valence-electron chi connectivity index (χ2n) is 5.58. The average Bonchev–Trinajstić information content (AvgIpc) is 2.84. The van der Waals surface area contributed by atoms with Gasteiger partial charge in [-0.25, -0.2) is 4.79 Å². The number of aryl methyl sites for hydroxylation is 1. The molecule has 0 atom stereocenters. The molecule has 0 unspecified atom stereocenters. The Morgan fingerprint density at radius 2 is 1.80 bits per heavy atom. The van der Waals surface area contributed by atoms with E-state index in [1.165, 1.54) is 0 Å². The minimum absolute atomic E-state index is 0.0641. The lowest BCUT2D eigenvalue weighted by Gasteiger charge is -2.11. The SMILES string of the molecule is CCOC(=O)c1cc(C)n(CC(=O)Nc2ccc(C(N)=O)cc2)c1C. The quantitative estimate of drug-likeness (QED) is 0.783. The molecule has 0 spiro atoms. The largest absolute Gasteiger partial charge is 0.462 e. The molecule has 0 radical (unpaired) electrons. The molecule has 132 valence electrons. The van der Waals surface area contributed by atoms with Gasteiger partial charge in [-0.05, 0) is 51.1 Å². The second-order valence-corrected chi connectivity index (χ2v) is 5.58. The summed E-state index contributed by atoms with van der Waals surface area (Å²) in [7, 11) is 0. The third kappa shape index (κ3) is 4.26. The minimum atomic E-state index is -0.525. The fourth-order valence-electron chi connectivity index (χ4n) is 2.52. The van der Waals surface area contributed by atoms with E-state index >= 15 is 0 Å². The molecule has 2 rings (SSSR count). The van der Waals surface area contributed by atoms with Crippen molar-refractivity contribution in [3.05, 3.63) is 52.8 Å². The minimum Gasteiger partial charge on any atom is -0.462 e. The number of hydrogen-bond acceptors (Lipinski definition) is 4. The van der Waals surface area contributed by atoms with E-state index < -0.39 is 11.9 Å². The van der Waals surface area contributed by atoms with Crippen LogP contribution in [0.5, 0.6) is 0 Å². The van der Waals surface area contributed by atoms with Gasteiger partial charge in [0, 0.05) is 22.6 Å². The van der Waals surface area contributed by atoms with Crippen LogP contribution in [0, 0.1) is 13.8 Å². The number of nitrogens with two attached hydrogens (primary N) is 1. The standard InChI is InChI=1S/C18H21N3O4/c1-4-25-18(24)15-9-11(2)21(12(15)3)10-16(22)20-14-7-5-13(6-8-14)17(19)23/h5-9H,4,10H2,1-3H3,(H2,19,23)(H,20,22). The number of rotatable bonds is 6. The number of amides is 2. The normalized spacial score (nSPS) is 10.4. The molecule has 0 fully saturated rings. The molecule has 0 bridgehead atoms. The monoisotopic (exact) mass is 343 g/mol. The topological polar surface area (TPSA) is 103 Å². The third-order valence-electron chi connectivity index (χ3n) is 3.82. The zero-order valence-electron chi connectivity index (χ0n) is 14.5. The lowest BCUT2D eigenvalue weighted by Crippen LogP contribution is -2.20. The van der Waals surface area contributed by atoms with Gasteiger partial charge in [0.2, 0.25) is 11.8 Å². The Bertz CT molecular complexity index is 806. The maximum absolute atomic E-state index is 12.3. The number of benzene rings is 1. The summed E-state index contributed by atoms with van der Waals surface area (Å²) in [5, 5.41) is 2.75. The van der Waals surface area contributed by atoms with E-state index in [1.54, 1.807) is 48.7 Å². The highest BCUT2D eigenvalue weighted by molar-refractivity contribution is 5.95. The molecule has 25 heavy (non-hydrogen) atoms. The van der Waals surface area contributed by atoms with Gasteiger partial charge in [-0.2, -0.15) is 0 Å². The highest BCUT2D eigenvalue weighted by Gasteiger charge is 2.18. The van der Waals surface area contributed by atoms with Crippen LogP contribution in [0.3, 0.4) is 0 Å². The summed E-state index contributed by atoms with van der Waals surface area (Å²) >= 11 is 0. The van der Waals surface area contributed by atoms with Gasteiger partial charge in [0.05, 0.1) is 12.2 Å². The Kier molecular flexibility index (Phi) is 5.59. The Morgan fingerprint density at radius 1 is 1.16 bits per heavy atom. The summed E-state index contributed by atoms with van der Waals surface area (Å²) in [6.45, 7) is 5.70. The van der Waals surface area contributed by atoms with Crippen molar-refractivity contribution in [2.75, 3.05) is 11.9 Å². The summed E-state index contributed by atoms with van der Waals surface area (Å²) < 4.78 is 6.77. The maximum atomic E-state index is 12.3. The maximum Gasteiger partial charge on any atom is 0.339 e. The van der Waals surface area contributed by atoms with Crippen LogP contribution in [-0.2, 0) is 16.1 Å². The Labute approximate surface area is 145 Å². The number of carbonyl (C=O) groups excluding carboxylic acids is 3. The van der Waals surface area contributed by atoms with Gasteiger partial charge >= 0.3 is 5.97 Å². The van der Waals surface area contributed by atoms with E-state index in [9.17, 15) is 14.4 Å². The summed E-state index contributed by atoms with van der Waals surface area (Å²) in [5.74, 6) is -1.17. The molecule has 0 aliphatic heterocycles. The fourth-order valence-corrected chi connectivity index (χ4v) is 2.52. The fraction of sp³-hybridized carbons (Fsp3) is 0.278. The van der Waals surface area contributed by atoms with Crippen molar-refractivity contribution in [3.63, 3.8) is 0 Å². The molecule has 7 nitrogen and oxygen atoms in total. The molecule has 7 heteroatoms. The van der Waals surface area contributed by atoms with E-state index in [-0.39, 0.29) is 12.5 Å². The van der Waals surface area contributed by atoms with Gasteiger partial charge in [0.25, 0.3) is 0 Å². The number of ether oxygens (including phenoxy) is 1. The first-order chi connectivity index (χ1) is 11.8. The lowest BCUT2D eigenvalue weighted by atomic mass is 10.2. The van der Waals surface area contributed by atoms with Crippen LogP contribution in [0.4, 0.5) is 5.69 Å². The van der Waals surface area contributed by atoms with Crippen LogP contribution in [0.2, 0.25) is 0 Å². The molecule has 1 heterocycles. The van der Waals surface area contributed by atoms with Gasteiger partial charge < -0.3 is 20.4 Å². The molecule has 0 saturated heterocycles. The van der Waals surface area contributed by atoms with E-state index in [0.29, 0.717) is 29.1 Å². The van der Waals surface area contributed by atoms with Crippen LogP contribution in [0.25, 0.3) is 0 Å². The molecule has 3 N–H and O–H groups in total. The number of nitrogens with one attached hydrogen (secondary N) is 1. The molecular weight excluding hydrogens is 322 g/mol. The van der Waals surface area contributed by atoms with Crippen molar-refractivity contribution in [1.29, 1.82) is 0 Å². The van der Waals surface area contributed by atoms with Crippen molar-refractivity contribution in [2.24, 2.45) is 5.73 Å². The highest BCUT2D eigenvalue weighted by Crippen LogP contribution is 2.17. The van der Waals surface area contributed by atoms with Gasteiger partial charge in [-0.3, -0.25) is 9.59 Å². The van der Waals surface area contributed by atoms with E-state index in [0.717, 1.165) is 5.69 Å². The predicted octanol–water partition coefficient (Wildman–Crippen LogP) is 2.02. The van der Waals surface area contributed by atoms with Gasteiger partial charge in [-0.1, -0.05) is 0 Å². The number of nitrogens with zero attached hydrogens (tertiary/aromatic N) is 1. The van der Waals surface area contributed by atoms with E-state index in [2.05, 4.69) is 5.32 Å². The summed E-state index contributed by atoms with van der Waals surface area (Å²) in [4.78, 5) is 35.2. The summed E-state index contributed by atoms with van der Waals surface area (Å²) in [6, 6.07) is 8.02. The first-order valence-electron chi connectivity index (χ1n) is 7.87. The number of anilines is 1. The van der Waals surface area contributed by atoms with Gasteiger partial charge in [0.1, 0.15) is 6.54 Å². The van der Waals surface area contributed by atoms with Crippen LogP contribution in [0.1, 0.15) is 39.0 Å². The van der Waals surface area contributed by atoms with Crippen molar-refractivity contribution in [1.82, 2.24) is 4.57 Å². The van der Waals surface area contributed by atoms with Crippen LogP contribution < -0.4 is 11.1 Å². The average molecular weight is 343 g/mol. The van der Waals surface area contributed by atoms with E-state index in [4.69, 9.17) is 10.5 Å². The van der Waals surface area contributed by atoms with Crippen LogP contribution in [-0.4, -0.2) is 29.0 Å². The predicted molar refractivity (Wildman–Crippen MR) is 93.5 cm³/mol. The van der Waals surface area contributed by atoms with Crippen LogP contribution in [0.15, 0.2) is 30.3 Å². The first kappa shape index (κ1) is 18.3. The molecular formula is C18H21N3O4. The van der Waals surface area contributed by atoms with Crippen molar-refractivity contribution in [3.8, 4) is 0 Å². The number of hydrogen-bond donors (Lipinski definition) is 2. The molecule has 0 aliphatic rings. The van der Waals surface area contributed by atoms with Crippen LogP contribution >= 0.6 is 0 Å². The molecule has 2 aromatic rings. The van der Waals surface area contributed by atoms with Crippen molar-refractivity contribution in [2.45, 2.75) is 27.3 Å². The number of aromatic nitrogens is 1. The summed E-state index contributed by atoms with van der Waals surface area (Å²) in [6.07, 6.45) is 0. The smallest absolute Gasteiger partial charge is 0.339 e. The molecule has 1 aromatic carbocycles. The molecule has 0 aliphatic carbocycles. The van der Waals surface area contributed by atoms with Crippen molar-refractivity contribution < 1.29 is 19.1 Å². The summed E-state index contributed by atoms with van der Waals surface area (Å²) in [5.41, 5.74) is 8.03. The zero-order valence-corrected chi connectivity index (χ0v) is 14.5. The zero-order chi connectivity index (χ0) is 18.6. The number of carbonyl (C=O) groups is 3. The first-order valence-corrected chi connectivity index (χ1v) is 7.87. The molecule has 1 aromatic heterocycles. The number of esters is 1. The third-order valence-corrected chi connectivity index (χ3v) is 3.82. The Balaban J connectivity index is 2.10. The van der Waals surface area contributed by atoms with E-state index in [1.807, 2.05) is 6.92 Å². The number of primary amides is 1. The molecule has 0 saturated carbocycles. The Hall–Kier alpha value is -3.09. The lowest BCUT2D eigenvalue weighted by molar-refractivity contribution is -0.116. The second kappa shape index (κ2) is 7.65. The molecule has 2 amide bonds. The van der Waals surface area contributed by atoms with Crippen molar-refractivity contribution >= 4 is 23.5 Å².